The summed E-state index contributed by atoms with van der Waals surface area (Å²) in [6.45, 7) is 4.06. The SMILES string of the molecule is CN1CCN(C)C(CNc2nc3ccccc3nc2N)C1. The first-order chi connectivity index (χ1) is 10.1. The molecule has 0 saturated carbocycles. The fourth-order valence-corrected chi connectivity index (χ4v) is 2.68. The second kappa shape index (κ2) is 5.83. The number of hydrogen-bond donors (Lipinski definition) is 2. The molecule has 1 aliphatic heterocycles. The van der Waals surface area contributed by atoms with Gasteiger partial charge in [0.05, 0.1) is 11.0 Å². The number of nitrogen functional groups attached to an aromatic ring is 1. The Labute approximate surface area is 125 Å². The first kappa shape index (κ1) is 14.0. The summed E-state index contributed by atoms with van der Waals surface area (Å²) in [7, 11) is 4.32. The van der Waals surface area contributed by atoms with Gasteiger partial charge in [0.1, 0.15) is 0 Å². The van der Waals surface area contributed by atoms with Crippen LogP contribution >= 0.6 is 0 Å². The molecular formula is C15H22N6. The molecule has 1 saturated heterocycles. The lowest BCUT2D eigenvalue weighted by Gasteiger charge is -2.37. The highest BCUT2D eigenvalue weighted by Crippen LogP contribution is 2.18. The summed E-state index contributed by atoms with van der Waals surface area (Å²) >= 11 is 0. The van der Waals surface area contributed by atoms with Crippen molar-refractivity contribution in [1.82, 2.24) is 19.8 Å². The third-order valence-corrected chi connectivity index (χ3v) is 4.08. The third kappa shape index (κ3) is 3.06. The van der Waals surface area contributed by atoms with Crippen LogP contribution in [0.15, 0.2) is 24.3 Å². The van der Waals surface area contributed by atoms with Crippen LogP contribution in [-0.2, 0) is 0 Å². The topological polar surface area (TPSA) is 70.3 Å². The van der Waals surface area contributed by atoms with Crippen LogP contribution < -0.4 is 11.1 Å². The predicted molar refractivity (Wildman–Crippen MR) is 86.4 cm³/mol. The molecule has 3 rings (SSSR count). The van der Waals surface area contributed by atoms with E-state index in [4.69, 9.17) is 5.73 Å². The van der Waals surface area contributed by atoms with Gasteiger partial charge in [-0.3, -0.25) is 4.90 Å². The maximum Gasteiger partial charge on any atom is 0.169 e. The number of fused-ring (bicyclic) bond motifs is 1. The van der Waals surface area contributed by atoms with Gasteiger partial charge in [0.25, 0.3) is 0 Å². The molecule has 1 aliphatic rings. The number of likely N-dealkylation sites (N-methyl/N-ethyl adjacent to an activating group) is 2. The minimum Gasteiger partial charge on any atom is -0.381 e. The van der Waals surface area contributed by atoms with Gasteiger partial charge in [-0.1, -0.05) is 12.1 Å². The summed E-state index contributed by atoms with van der Waals surface area (Å²) < 4.78 is 0. The van der Waals surface area contributed by atoms with Crippen LogP contribution in [0.4, 0.5) is 11.6 Å². The van der Waals surface area contributed by atoms with Crippen LogP contribution in [0, 0.1) is 0 Å². The standard InChI is InChI=1S/C15H22N6/c1-20-7-8-21(2)11(10-20)9-17-15-14(16)18-12-5-3-4-6-13(12)19-15/h3-6,11H,7-10H2,1-2H3,(H2,16,18)(H,17,19). The van der Waals surface area contributed by atoms with E-state index in [2.05, 4.69) is 39.2 Å². The van der Waals surface area contributed by atoms with Crippen LogP contribution in [0.1, 0.15) is 0 Å². The Balaban J connectivity index is 1.74. The maximum atomic E-state index is 6.00. The Hall–Kier alpha value is -1.92. The van der Waals surface area contributed by atoms with E-state index in [1.807, 2.05) is 24.3 Å². The van der Waals surface area contributed by atoms with Crippen LogP contribution in [0.3, 0.4) is 0 Å². The fraction of sp³-hybridized carbons (Fsp3) is 0.467. The number of benzene rings is 1. The second-order valence-electron chi connectivity index (χ2n) is 5.72. The molecule has 6 nitrogen and oxygen atoms in total. The molecule has 1 fully saturated rings. The van der Waals surface area contributed by atoms with Crippen LogP contribution in [0.2, 0.25) is 0 Å². The number of aromatic nitrogens is 2. The van der Waals surface area contributed by atoms with Crippen molar-refractivity contribution < 1.29 is 0 Å². The molecule has 0 radical (unpaired) electrons. The quantitative estimate of drug-likeness (QED) is 0.872. The number of nitrogens with two attached hydrogens (primary N) is 1. The Morgan fingerprint density at radius 2 is 1.90 bits per heavy atom. The van der Waals surface area contributed by atoms with Crippen molar-refractivity contribution in [3.63, 3.8) is 0 Å². The molecule has 1 unspecified atom stereocenters. The highest BCUT2D eigenvalue weighted by atomic mass is 15.3. The Kier molecular flexibility index (Phi) is 3.90. The average Bonchev–Trinajstić information content (AvgIpc) is 2.48. The van der Waals surface area contributed by atoms with Gasteiger partial charge in [-0.2, -0.15) is 0 Å². The van der Waals surface area contributed by atoms with Gasteiger partial charge in [-0.25, -0.2) is 9.97 Å². The molecule has 0 amide bonds. The highest BCUT2D eigenvalue weighted by Gasteiger charge is 2.22. The lowest BCUT2D eigenvalue weighted by molar-refractivity contribution is 0.122. The molecule has 1 atom stereocenters. The van der Waals surface area contributed by atoms with Crippen molar-refractivity contribution in [1.29, 1.82) is 0 Å². The van der Waals surface area contributed by atoms with E-state index in [0.29, 0.717) is 17.7 Å². The normalized spacial score (nSPS) is 20.8. The molecule has 6 heteroatoms. The molecule has 21 heavy (non-hydrogen) atoms. The summed E-state index contributed by atoms with van der Waals surface area (Å²) in [6.07, 6.45) is 0. The molecule has 0 spiro atoms. The lowest BCUT2D eigenvalue weighted by atomic mass is 10.2. The average molecular weight is 286 g/mol. The third-order valence-electron chi connectivity index (χ3n) is 4.08. The molecular weight excluding hydrogens is 264 g/mol. The molecule has 3 N–H and O–H groups in total. The fourth-order valence-electron chi connectivity index (χ4n) is 2.68. The van der Waals surface area contributed by atoms with Crippen molar-refractivity contribution >= 4 is 22.7 Å². The number of nitrogens with one attached hydrogen (secondary N) is 1. The van der Waals surface area contributed by atoms with E-state index in [-0.39, 0.29) is 0 Å². The minimum atomic E-state index is 0.455. The van der Waals surface area contributed by atoms with Crippen molar-refractivity contribution in [3.05, 3.63) is 24.3 Å². The van der Waals surface area contributed by atoms with E-state index >= 15 is 0 Å². The van der Waals surface area contributed by atoms with Gasteiger partial charge in [0.2, 0.25) is 0 Å². The van der Waals surface area contributed by atoms with Gasteiger partial charge in [-0.05, 0) is 26.2 Å². The zero-order chi connectivity index (χ0) is 14.8. The van der Waals surface area contributed by atoms with E-state index < -0.39 is 0 Å². The number of rotatable bonds is 3. The summed E-state index contributed by atoms with van der Waals surface area (Å²) in [4.78, 5) is 13.7. The molecule has 2 aromatic rings. The monoisotopic (exact) mass is 286 g/mol. The van der Waals surface area contributed by atoms with Gasteiger partial charge >= 0.3 is 0 Å². The lowest BCUT2D eigenvalue weighted by Crippen LogP contribution is -2.52. The van der Waals surface area contributed by atoms with Gasteiger partial charge in [0, 0.05) is 32.2 Å². The molecule has 0 bridgehead atoms. The Bertz CT molecular complexity index is 629. The van der Waals surface area contributed by atoms with E-state index in [1.54, 1.807) is 0 Å². The smallest absolute Gasteiger partial charge is 0.169 e. The second-order valence-corrected chi connectivity index (χ2v) is 5.72. The zero-order valence-electron chi connectivity index (χ0n) is 12.6. The van der Waals surface area contributed by atoms with Crippen LogP contribution in [0.5, 0.6) is 0 Å². The summed E-state index contributed by atoms with van der Waals surface area (Å²) in [5.41, 5.74) is 7.70. The van der Waals surface area contributed by atoms with Gasteiger partial charge in [-0.15, -0.1) is 0 Å². The van der Waals surface area contributed by atoms with E-state index in [1.165, 1.54) is 0 Å². The molecule has 1 aromatic carbocycles. The van der Waals surface area contributed by atoms with E-state index in [0.717, 1.165) is 37.2 Å². The largest absolute Gasteiger partial charge is 0.381 e. The summed E-state index contributed by atoms with van der Waals surface area (Å²) in [5.74, 6) is 1.14. The minimum absolute atomic E-state index is 0.455. The van der Waals surface area contributed by atoms with Crippen molar-refractivity contribution in [2.45, 2.75) is 6.04 Å². The molecule has 112 valence electrons. The molecule has 0 aliphatic carbocycles. The molecule has 2 heterocycles. The Morgan fingerprint density at radius 1 is 1.19 bits per heavy atom. The first-order valence-corrected chi connectivity index (χ1v) is 7.28. The van der Waals surface area contributed by atoms with Crippen LogP contribution in [-0.4, -0.2) is 66.1 Å². The maximum absolute atomic E-state index is 6.00. The van der Waals surface area contributed by atoms with Crippen molar-refractivity contribution in [2.75, 3.05) is 51.3 Å². The van der Waals surface area contributed by atoms with Gasteiger partial charge < -0.3 is 16.0 Å². The number of piperazine rings is 1. The van der Waals surface area contributed by atoms with Gasteiger partial charge in [0.15, 0.2) is 11.6 Å². The number of anilines is 2. The number of nitrogens with zero attached hydrogens (tertiary/aromatic N) is 4. The Morgan fingerprint density at radius 3 is 2.67 bits per heavy atom. The number of hydrogen-bond acceptors (Lipinski definition) is 6. The van der Waals surface area contributed by atoms with Crippen molar-refractivity contribution in [2.24, 2.45) is 0 Å². The predicted octanol–water partition coefficient (Wildman–Crippen LogP) is 0.870. The first-order valence-electron chi connectivity index (χ1n) is 7.28. The number of para-hydroxylation sites is 2. The van der Waals surface area contributed by atoms with Crippen LogP contribution in [0.25, 0.3) is 11.0 Å². The summed E-state index contributed by atoms with van der Waals surface area (Å²) in [6, 6.07) is 8.23. The molecule has 1 aromatic heterocycles. The van der Waals surface area contributed by atoms with E-state index in [9.17, 15) is 0 Å². The summed E-state index contributed by atoms with van der Waals surface area (Å²) in [5, 5.41) is 3.36. The highest BCUT2D eigenvalue weighted by molar-refractivity contribution is 5.79. The zero-order valence-corrected chi connectivity index (χ0v) is 12.6. The van der Waals surface area contributed by atoms with Crippen molar-refractivity contribution in [3.8, 4) is 0 Å².